The highest BCUT2D eigenvalue weighted by atomic mass is 16.5. The summed E-state index contributed by atoms with van der Waals surface area (Å²) in [6.07, 6.45) is 4.18. The first-order chi connectivity index (χ1) is 27.8. The number of aryl methyl sites for hydroxylation is 1. The van der Waals surface area contributed by atoms with E-state index >= 15 is 0 Å². The number of aromatic nitrogens is 2. The SMILES string of the molecule is COC(=O)NC(C(=O)N1CCCC1c1ncc(-c2ccc(-c3ccc(C(C)=N)cc3)cc2)[nH]1)C(C)C.COC(=O)NC1CCc2cccc3c2N(C1=O)C(C(C)=N)C3. The average molecular weight is 789 g/mol. The van der Waals surface area contributed by atoms with Crippen LogP contribution in [0.1, 0.15) is 75.5 Å². The van der Waals surface area contributed by atoms with Crippen molar-refractivity contribution < 1.29 is 28.7 Å². The zero-order valence-electron chi connectivity index (χ0n) is 33.8. The topological polar surface area (TPSA) is 194 Å². The Bertz CT molecular complexity index is 2180. The highest BCUT2D eigenvalue weighted by Crippen LogP contribution is 2.39. The normalized spacial score (nSPS) is 18.7. The van der Waals surface area contributed by atoms with E-state index in [0.717, 1.165) is 63.4 Å². The number of nitrogens with zero attached hydrogens (tertiary/aromatic N) is 3. The molecule has 3 aromatic carbocycles. The number of H-pyrrole nitrogens is 1. The second kappa shape index (κ2) is 17.9. The van der Waals surface area contributed by atoms with E-state index in [-0.39, 0.29) is 29.8 Å². The van der Waals surface area contributed by atoms with Gasteiger partial charge in [0.15, 0.2) is 0 Å². The van der Waals surface area contributed by atoms with Gasteiger partial charge in [-0.3, -0.25) is 9.59 Å². The maximum absolute atomic E-state index is 13.3. The van der Waals surface area contributed by atoms with Gasteiger partial charge in [0.1, 0.15) is 17.9 Å². The first kappa shape index (κ1) is 41.3. The number of carbonyl (C=O) groups excluding carboxylic acids is 4. The number of carbonyl (C=O) groups is 4. The molecule has 1 saturated heterocycles. The zero-order valence-corrected chi connectivity index (χ0v) is 33.8. The van der Waals surface area contributed by atoms with Crippen molar-refractivity contribution in [2.45, 2.75) is 84.0 Å². The highest BCUT2D eigenvalue weighted by Gasteiger charge is 2.42. The van der Waals surface area contributed by atoms with Crippen LogP contribution in [0, 0.1) is 16.7 Å². The van der Waals surface area contributed by atoms with Crippen molar-refractivity contribution in [3.8, 4) is 22.4 Å². The van der Waals surface area contributed by atoms with Gasteiger partial charge < -0.3 is 45.7 Å². The van der Waals surface area contributed by atoms with Crippen molar-refractivity contribution in [1.29, 1.82) is 10.8 Å². The van der Waals surface area contributed by atoms with Crippen LogP contribution < -0.4 is 15.5 Å². The molecule has 1 fully saturated rings. The molecule has 58 heavy (non-hydrogen) atoms. The van der Waals surface area contributed by atoms with Gasteiger partial charge in [-0.15, -0.1) is 0 Å². The number of alkyl carbamates (subject to hydrolysis) is 2. The lowest BCUT2D eigenvalue weighted by Crippen LogP contribution is -2.51. The van der Waals surface area contributed by atoms with Crippen LogP contribution in [-0.2, 0) is 31.9 Å². The molecule has 304 valence electrons. The van der Waals surface area contributed by atoms with Gasteiger partial charge in [-0.2, -0.15) is 0 Å². The highest BCUT2D eigenvalue weighted by molar-refractivity contribution is 6.08. The molecule has 0 radical (unpaired) electrons. The number of anilines is 1. The maximum atomic E-state index is 13.3. The van der Waals surface area contributed by atoms with Crippen molar-refractivity contribution >= 4 is 41.1 Å². The van der Waals surface area contributed by atoms with Crippen LogP contribution in [0.2, 0.25) is 0 Å². The van der Waals surface area contributed by atoms with Gasteiger partial charge in [0.05, 0.1) is 43.9 Å². The van der Waals surface area contributed by atoms with E-state index in [2.05, 4.69) is 49.6 Å². The Balaban J connectivity index is 0.000000220. The van der Waals surface area contributed by atoms with Crippen molar-refractivity contribution in [3.05, 3.63) is 95.4 Å². The smallest absolute Gasteiger partial charge is 0.407 e. The Labute approximate surface area is 338 Å². The number of ether oxygens (including phenoxy) is 2. The Hall–Kier alpha value is -6.31. The largest absolute Gasteiger partial charge is 0.453 e. The number of imidazole rings is 1. The second-order valence-corrected chi connectivity index (χ2v) is 15.3. The van der Waals surface area contributed by atoms with E-state index in [0.29, 0.717) is 37.2 Å². The summed E-state index contributed by atoms with van der Waals surface area (Å²) < 4.78 is 9.32. The monoisotopic (exact) mass is 788 g/mol. The molecule has 3 aliphatic rings. The minimum atomic E-state index is -0.656. The van der Waals surface area contributed by atoms with E-state index in [4.69, 9.17) is 15.6 Å². The fourth-order valence-electron chi connectivity index (χ4n) is 7.91. The molecule has 0 aliphatic carbocycles. The van der Waals surface area contributed by atoms with Gasteiger partial charge in [0.25, 0.3) is 0 Å². The van der Waals surface area contributed by atoms with Crippen LogP contribution >= 0.6 is 0 Å². The molecule has 7 rings (SSSR count). The number of rotatable bonds is 9. The van der Waals surface area contributed by atoms with Gasteiger partial charge in [-0.1, -0.05) is 80.6 Å². The maximum Gasteiger partial charge on any atom is 0.407 e. The van der Waals surface area contributed by atoms with Gasteiger partial charge in [-0.05, 0) is 78.8 Å². The quantitative estimate of drug-likeness (QED) is 0.115. The summed E-state index contributed by atoms with van der Waals surface area (Å²) in [5.74, 6) is 0.391. The summed E-state index contributed by atoms with van der Waals surface area (Å²) in [5, 5.41) is 21.0. The summed E-state index contributed by atoms with van der Waals surface area (Å²) in [6.45, 7) is 7.93. The minimum absolute atomic E-state index is 0.0751. The molecule has 4 heterocycles. The number of para-hydroxylation sites is 1. The molecule has 1 aromatic heterocycles. The molecule has 4 unspecified atom stereocenters. The molecular weight excluding hydrogens is 737 g/mol. The average Bonchev–Trinajstić information content (AvgIpc) is 3.99. The van der Waals surface area contributed by atoms with Gasteiger partial charge >= 0.3 is 12.2 Å². The Morgan fingerprint density at radius 2 is 1.52 bits per heavy atom. The molecule has 14 nitrogen and oxygen atoms in total. The van der Waals surface area contributed by atoms with Gasteiger partial charge in [-0.25, -0.2) is 14.6 Å². The summed E-state index contributed by atoms with van der Waals surface area (Å²) in [6, 6.07) is 20.5. The Morgan fingerprint density at radius 1 is 0.879 bits per heavy atom. The summed E-state index contributed by atoms with van der Waals surface area (Å²) in [7, 11) is 2.57. The standard InChI is InChI=1S/C28H33N5O3.C16H19N3O3/c1-17(2)25(32-28(35)36-4)27(34)33-15-5-6-24(33)26-30-16-23(31-26)22-13-11-21(12-14-22)20-9-7-19(8-10-20)18(3)29;1-9(17)13-8-11-5-3-4-10-6-7-12(18-16(21)22-2)15(20)19(13)14(10)11/h7-14,16-17,24-25,29H,5-6,15H2,1-4H3,(H,30,31)(H,32,35);3-5,12-13,17H,6-8H2,1-2H3,(H,18,21). The van der Waals surface area contributed by atoms with E-state index in [1.165, 1.54) is 14.2 Å². The Kier molecular flexibility index (Phi) is 12.7. The fourth-order valence-corrected chi connectivity index (χ4v) is 7.91. The predicted octanol–water partition coefficient (Wildman–Crippen LogP) is 6.83. The molecule has 4 aromatic rings. The lowest BCUT2D eigenvalue weighted by molar-refractivity contribution is -0.135. The van der Waals surface area contributed by atoms with Crippen LogP contribution in [0.3, 0.4) is 0 Å². The predicted molar refractivity (Wildman–Crippen MR) is 222 cm³/mol. The molecular formula is C44H52N8O6. The van der Waals surface area contributed by atoms with Crippen molar-refractivity contribution in [3.63, 3.8) is 0 Å². The van der Waals surface area contributed by atoms with Crippen LogP contribution in [0.5, 0.6) is 0 Å². The van der Waals surface area contributed by atoms with Crippen LogP contribution in [0.4, 0.5) is 15.3 Å². The first-order valence-electron chi connectivity index (χ1n) is 19.6. The Morgan fingerprint density at radius 3 is 2.14 bits per heavy atom. The molecule has 0 bridgehead atoms. The lowest BCUT2D eigenvalue weighted by Gasteiger charge is -2.30. The number of methoxy groups -OCH3 is 2. The number of amides is 4. The van der Waals surface area contributed by atoms with Crippen molar-refractivity contribution in [2.24, 2.45) is 5.92 Å². The number of nitrogens with one attached hydrogen (secondary N) is 5. The lowest BCUT2D eigenvalue weighted by atomic mass is 10.0. The van der Waals surface area contributed by atoms with Crippen LogP contribution in [0.15, 0.2) is 72.9 Å². The van der Waals surface area contributed by atoms with E-state index in [1.807, 2.05) is 61.2 Å². The van der Waals surface area contributed by atoms with Crippen molar-refractivity contribution in [1.82, 2.24) is 25.5 Å². The molecule has 0 saturated carbocycles. The molecule has 0 spiro atoms. The van der Waals surface area contributed by atoms with Gasteiger partial charge in [0.2, 0.25) is 11.8 Å². The molecule has 3 aliphatic heterocycles. The van der Waals surface area contributed by atoms with E-state index < -0.39 is 24.3 Å². The number of likely N-dealkylation sites (tertiary alicyclic amines) is 1. The molecule has 4 atom stereocenters. The summed E-state index contributed by atoms with van der Waals surface area (Å²) in [4.78, 5) is 61.0. The third-order valence-electron chi connectivity index (χ3n) is 11.1. The zero-order chi connectivity index (χ0) is 41.7. The molecule has 14 heteroatoms. The third kappa shape index (κ3) is 8.80. The summed E-state index contributed by atoms with van der Waals surface area (Å²) in [5.41, 5.74) is 9.13. The van der Waals surface area contributed by atoms with E-state index in [1.54, 1.807) is 24.9 Å². The van der Waals surface area contributed by atoms with E-state index in [9.17, 15) is 19.2 Å². The van der Waals surface area contributed by atoms with Gasteiger partial charge in [0, 0.05) is 24.4 Å². The number of aromatic amines is 1. The fraction of sp³-hybridized carbons (Fsp3) is 0.386. The van der Waals surface area contributed by atoms with Crippen molar-refractivity contribution in [2.75, 3.05) is 25.7 Å². The molecule has 5 N–H and O–H groups in total. The molecule has 4 amide bonds. The van der Waals surface area contributed by atoms with Crippen LogP contribution in [0.25, 0.3) is 22.4 Å². The summed E-state index contributed by atoms with van der Waals surface area (Å²) >= 11 is 0. The minimum Gasteiger partial charge on any atom is -0.453 e. The second-order valence-electron chi connectivity index (χ2n) is 15.3. The third-order valence-corrected chi connectivity index (χ3v) is 11.1. The number of hydrogen-bond donors (Lipinski definition) is 5. The number of hydrogen-bond acceptors (Lipinski definition) is 9. The first-order valence-corrected chi connectivity index (χ1v) is 19.6. The number of benzene rings is 3. The van der Waals surface area contributed by atoms with Crippen LogP contribution in [-0.4, -0.2) is 89.2 Å².